The number of amides is 1. The van der Waals surface area contributed by atoms with E-state index in [4.69, 9.17) is 50.3 Å². The molecule has 9 nitrogen and oxygen atoms in total. The van der Waals surface area contributed by atoms with Gasteiger partial charge in [0, 0.05) is 37.4 Å². The van der Waals surface area contributed by atoms with Crippen molar-refractivity contribution in [2.24, 2.45) is 0 Å². The highest BCUT2D eigenvalue weighted by molar-refractivity contribution is 6.38. The number of anilines is 3. The van der Waals surface area contributed by atoms with Gasteiger partial charge in [-0.05, 0) is 44.5 Å². The number of piperazine rings is 1. The first-order valence-electron chi connectivity index (χ1n) is 14.0. The molecule has 3 aromatic rings. The summed E-state index contributed by atoms with van der Waals surface area (Å²) in [5, 5.41) is 9.17. The van der Waals surface area contributed by atoms with Gasteiger partial charge in [-0.1, -0.05) is 41.4 Å². The third-order valence-corrected chi connectivity index (χ3v) is 9.34. The van der Waals surface area contributed by atoms with E-state index >= 15 is 4.39 Å². The van der Waals surface area contributed by atoms with Crippen LogP contribution >= 0.6 is 34.8 Å². The third-order valence-electron chi connectivity index (χ3n) is 8.35. The Kier molecular flexibility index (Phi) is 7.90. The van der Waals surface area contributed by atoms with Crippen LogP contribution in [0.4, 0.5) is 26.0 Å². The quantitative estimate of drug-likeness (QED) is 0.140. The SMILES string of the molecule is C=CC(=O)N1CCN(C2=C(C#N)C3OC(C)c4nccc(C)c4N3c3nc(-c4c(N)c(Cl)c(F)c(Cl)c4F)c(Cl)cc32)C[C@H]1C. The molecule has 3 aliphatic heterocycles. The number of fused-ring (bicyclic) bond motifs is 5. The van der Waals surface area contributed by atoms with Crippen LogP contribution in [0.5, 0.6) is 0 Å². The van der Waals surface area contributed by atoms with E-state index in [1.165, 1.54) is 6.08 Å². The minimum absolute atomic E-state index is 0.0470. The Hall–Kier alpha value is -3.95. The van der Waals surface area contributed by atoms with Gasteiger partial charge in [0.1, 0.15) is 33.6 Å². The van der Waals surface area contributed by atoms with E-state index in [0.29, 0.717) is 47.8 Å². The second-order valence-electron chi connectivity index (χ2n) is 11.0. The molecule has 0 saturated carbocycles. The number of aryl methyl sites for hydroxylation is 1. The largest absolute Gasteiger partial charge is 0.397 e. The number of carbonyl (C=O) groups is 1. The third kappa shape index (κ3) is 4.70. The number of nitrogen functional groups attached to an aromatic ring is 1. The molecule has 1 amide bonds. The fraction of sp³-hybridized carbons (Fsp3) is 0.290. The Balaban J connectivity index is 1.63. The van der Waals surface area contributed by atoms with Crippen LogP contribution in [0.3, 0.4) is 0 Å². The number of ether oxygens (including phenoxy) is 1. The van der Waals surface area contributed by atoms with Crippen molar-refractivity contribution in [3.63, 3.8) is 0 Å². The molecule has 5 heterocycles. The zero-order valence-electron chi connectivity index (χ0n) is 24.3. The summed E-state index contributed by atoms with van der Waals surface area (Å²) in [6.07, 6.45) is 1.49. The van der Waals surface area contributed by atoms with E-state index in [-0.39, 0.29) is 34.0 Å². The lowest BCUT2D eigenvalue weighted by molar-refractivity contribution is -0.129. The maximum absolute atomic E-state index is 15.6. The molecule has 2 N–H and O–H groups in total. The average Bonchev–Trinajstić information content (AvgIpc) is 3.02. The summed E-state index contributed by atoms with van der Waals surface area (Å²) in [4.78, 5) is 27.3. The van der Waals surface area contributed by atoms with Crippen molar-refractivity contribution in [3.8, 4) is 17.3 Å². The molecule has 6 rings (SSSR count). The number of nitrogens with zero attached hydrogens (tertiary/aromatic N) is 6. The molecule has 0 bridgehead atoms. The number of rotatable bonds is 3. The normalized spacial score (nSPS) is 20.8. The topological polar surface area (TPSA) is 112 Å². The summed E-state index contributed by atoms with van der Waals surface area (Å²) in [6, 6.07) is 5.51. The zero-order chi connectivity index (χ0) is 32.5. The zero-order valence-corrected chi connectivity index (χ0v) is 26.6. The van der Waals surface area contributed by atoms with Gasteiger partial charge in [-0.25, -0.2) is 13.8 Å². The number of carbonyl (C=O) groups excluding carboxylic acids is 1. The fourth-order valence-corrected chi connectivity index (χ4v) is 6.91. The highest BCUT2D eigenvalue weighted by Gasteiger charge is 2.45. The van der Waals surface area contributed by atoms with E-state index in [1.807, 2.05) is 31.7 Å². The molecule has 1 fully saturated rings. The molecule has 0 aliphatic carbocycles. The van der Waals surface area contributed by atoms with Crippen LogP contribution in [0, 0.1) is 29.9 Å². The highest BCUT2D eigenvalue weighted by Crippen LogP contribution is 2.52. The van der Waals surface area contributed by atoms with Crippen LogP contribution in [0.1, 0.15) is 36.8 Å². The molecule has 2 aromatic heterocycles. The first-order valence-corrected chi connectivity index (χ1v) is 15.1. The summed E-state index contributed by atoms with van der Waals surface area (Å²) >= 11 is 18.9. The minimum Gasteiger partial charge on any atom is -0.397 e. The molecule has 14 heteroatoms. The smallest absolute Gasteiger partial charge is 0.246 e. The maximum atomic E-state index is 15.6. The summed E-state index contributed by atoms with van der Waals surface area (Å²) in [5.74, 6) is -2.30. The van der Waals surface area contributed by atoms with Crippen molar-refractivity contribution >= 4 is 63.6 Å². The van der Waals surface area contributed by atoms with Gasteiger partial charge in [0.25, 0.3) is 0 Å². The molecule has 232 valence electrons. The van der Waals surface area contributed by atoms with Crippen molar-refractivity contribution in [3.05, 3.63) is 80.1 Å². The standard InChI is InChI=1S/C31H26Cl3F2N7O2/c1-5-19(44)42-9-8-41(12-14(42)3)29-16-10-18(32)27(20-23(35)21(33)24(36)22(34)25(20)38)40-30(16)43-28-13(2)6-7-39-26(28)15(4)45-31(43)17(29)11-37/h5-7,10,14-15,31H,1,8-9,12,38H2,2-4H3/t14-,15?,31?/m1/s1. The number of pyridine rings is 2. The number of aromatic nitrogens is 2. The number of halogens is 5. The molecule has 1 saturated heterocycles. The van der Waals surface area contributed by atoms with Crippen LogP contribution in [0.15, 0.2) is 36.6 Å². The van der Waals surface area contributed by atoms with E-state index < -0.39 is 39.7 Å². The lowest BCUT2D eigenvalue weighted by Gasteiger charge is -2.48. The maximum Gasteiger partial charge on any atom is 0.246 e. The predicted octanol–water partition coefficient (Wildman–Crippen LogP) is 6.80. The molecule has 0 radical (unpaired) electrons. The van der Waals surface area contributed by atoms with Crippen LogP contribution in [0.25, 0.3) is 17.0 Å². The molecule has 3 atom stereocenters. The van der Waals surface area contributed by atoms with Crippen molar-refractivity contribution in [1.29, 1.82) is 5.26 Å². The van der Waals surface area contributed by atoms with Gasteiger partial charge in [0.05, 0.1) is 39.0 Å². The number of benzene rings is 1. The molecule has 2 unspecified atom stereocenters. The summed E-state index contributed by atoms with van der Waals surface area (Å²) in [5.41, 5.74) is 8.54. The summed E-state index contributed by atoms with van der Waals surface area (Å²) in [7, 11) is 0. The first-order chi connectivity index (χ1) is 21.4. The summed E-state index contributed by atoms with van der Waals surface area (Å²) in [6.45, 7) is 10.4. The van der Waals surface area contributed by atoms with E-state index in [1.54, 1.807) is 22.1 Å². The summed E-state index contributed by atoms with van der Waals surface area (Å²) < 4.78 is 36.6. The van der Waals surface area contributed by atoms with E-state index in [0.717, 1.165) is 5.56 Å². The van der Waals surface area contributed by atoms with Crippen molar-refractivity contribution in [2.75, 3.05) is 30.3 Å². The Bertz CT molecular complexity index is 1850. The minimum atomic E-state index is -1.20. The predicted molar refractivity (Wildman–Crippen MR) is 169 cm³/mol. The molecule has 45 heavy (non-hydrogen) atoms. The highest BCUT2D eigenvalue weighted by atomic mass is 35.5. The van der Waals surface area contributed by atoms with Crippen molar-refractivity contribution in [1.82, 2.24) is 19.8 Å². The van der Waals surface area contributed by atoms with Crippen molar-refractivity contribution in [2.45, 2.75) is 39.1 Å². The second-order valence-corrected chi connectivity index (χ2v) is 12.2. The van der Waals surface area contributed by atoms with Crippen LogP contribution in [0.2, 0.25) is 15.1 Å². The van der Waals surface area contributed by atoms with E-state index in [9.17, 15) is 14.4 Å². The van der Waals surface area contributed by atoms with E-state index in [2.05, 4.69) is 17.6 Å². The number of hydrogen-bond acceptors (Lipinski definition) is 8. The first kappa shape index (κ1) is 31.0. The second kappa shape index (κ2) is 11.4. The lowest BCUT2D eigenvalue weighted by atomic mass is 9.93. The van der Waals surface area contributed by atoms with Gasteiger partial charge in [-0.2, -0.15) is 5.26 Å². The van der Waals surface area contributed by atoms with Gasteiger partial charge in [-0.15, -0.1) is 0 Å². The molecule has 3 aliphatic rings. The number of nitrogens with two attached hydrogens (primary N) is 1. The number of nitriles is 1. The average molecular weight is 673 g/mol. The van der Waals surface area contributed by atoms with Crippen LogP contribution in [-0.4, -0.2) is 57.6 Å². The Labute approximate surface area is 273 Å². The molecule has 1 aromatic carbocycles. The molecule has 0 spiro atoms. The van der Waals surface area contributed by atoms with Gasteiger partial charge < -0.3 is 20.3 Å². The van der Waals surface area contributed by atoms with Gasteiger partial charge in [-0.3, -0.25) is 14.7 Å². The number of hydrogen-bond donors (Lipinski definition) is 1. The van der Waals surface area contributed by atoms with Gasteiger partial charge >= 0.3 is 0 Å². The Morgan fingerprint density at radius 2 is 1.96 bits per heavy atom. The van der Waals surface area contributed by atoms with Gasteiger partial charge in [0.2, 0.25) is 5.91 Å². The van der Waals surface area contributed by atoms with Crippen LogP contribution in [-0.2, 0) is 9.53 Å². The molecular formula is C31H26Cl3F2N7O2. The Morgan fingerprint density at radius 3 is 2.62 bits per heavy atom. The Morgan fingerprint density at radius 1 is 1.22 bits per heavy atom. The van der Waals surface area contributed by atoms with Crippen molar-refractivity contribution < 1.29 is 18.3 Å². The molecular weight excluding hydrogens is 647 g/mol. The lowest BCUT2D eigenvalue weighted by Crippen LogP contribution is -2.54. The van der Waals surface area contributed by atoms with Crippen LogP contribution < -0.4 is 10.6 Å². The fourth-order valence-electron chi connectivity index (χ4n) is 6.24. The monoisotopic (exact) mass is 671 g/mol. The van der Waals surface area contributed by atoms with Gasteiger partial charge in [0.15, 0.2) is 17.9 Å².